The second-order valence-corrected chi connectivity index (χ2v) is 3.74. The minimum atomic E-state index is 0.345. The average Bonchev–Trinajstić information content (AvgIpc) is 2.72. The molecule has 0 bridgehead atoms. The second-order valence-electron chi connectivity index (χ2n) is 3.74. The van der Waals surface area contributed by atoms with Crippen LogP contribution in [0, 0.1) is 0 Å². The zero-order chi connectivity index (χ0) is 9.26. The van der Waals surface area contributed by atoms with Crippen LogP contribution in [0.25, 0.3) is 0 Å². The molecule has 2 atom stereocenters. The Kier molecular flexibility index (Phi) is 2.38. The molecular formula is C10H16N2O. The molecule has 0 amide bonds. The van der Waals surface area contributed by atoms with Crippen molar-refractivity contribution in [3.05, 3.63) is 24.2 Å². The maximum Gasteiger partial charge on any atom is 0.120 e. The average molecular weight is 180 g/mol. The summed E-state index contributed by atoms with van der Waals surface area (Å²) in [5.74, 6) is 1.04. The molecule has 1 aromatic rings. The molecule has 1 unspecified atom stereocenters. The summed E-state index contributed by atoms with van der Waals surface area (Å²) >= 11 is 0. The quantitative estimate of drug-likeness (QED) is 0.747. The molecule has 1 saturated heterocycles. The summed E-state index contributed by atoms with van der Waals surface area (Å²) in [4.78, 5) is 2.36. The van der Waals surface area contributed by atoms with E-state index >= 15 is 0 Å². The highest BCUT2D eigenvalue weighted by Crippen LogP contribution is 2.23. The van der Waals surface area contributed by atoms with Gasteiger partial charge in [0.05, 0.1) is 12.3 Å². The van der Waals surface area contributed by atoms with Crippen molar-refractivity contribution in [1.29, 1.82) is 0 Å². The van der Waals surface area contributed by atoms with Crippen molar-refractivity contribution in [2.24, 2.45) is 5.73 Å². The van der Waals surface area contributed by atoms with E-state index in [2.05, 4.69) is 11.8 Å². The maximum absolute atomic E-state index is 5.84. The van der Waals surface area contributed by atoms with Gasteiger partial charge in [-0.15, -0.1) is 0 Å². The summed E-state index contributed by atoms with van der Waals surface area (Å²) in [6, 6.07) is 4.66. The van der Waals surface area contributed by atoms with Crippen LogP contribution in [0.1, 0.15) is 25.1 Å². The fourth-order valence-corrected chi connectivity index (χ4v) is 1.88. The van der Waals surface area contributed by atoms with Gasteiger partial charge in [0.25, 0.3) is 0 Å². The third-order valence-corrected chi connectivity index (χ3v) is 2.76. The molecule has 2 heterocycles. The summed E-state index contributed by atoms with van der Waals surface area (Å²) < 4.78 is 5.36. The monoisotopic (exact) mass is 180 g/mol. The van der Waals surface area contributed by atoms with Crippen molar-refractivity contribution in [2.75, 3.05) is 13.1 Å². The fraction of sp³-hybridized carbons (Fsp3) is 0.600. The van der Waals surface area contributed by atoms with Crippen LogP contribution in [0.2, 0.25) is 0 Å². The van der Waals surface area contributed by atoms with Gasteiger partial charge in [0.1, 0.15) is 5.76 Å². The minimum Gasteiger partial charge on any atom is -0.468 e. The highest BCUT2D eigenvalue weighted by molar-refractivity contribution is 5.04. The maximum atomic E-state index is 5.84. The van der Waals surface area contributed by atoms with Crippen LogP contribution in [0.15, 0.2) is 22.8 Å². The third kappa shape index (κ3) is 1.76. The Morgan fingerprint density at radius 1 is 1.69 bits per heavy atom. The van der Waals surface area contributed by atoms with Crippen LogP contribution < -0.4 is 5.73 Å². The molecule has 0 aromatic carbocycles. The van der Waals surface area contributed by atoms with Gasteiger partial charge in [0, 0.05) is 19.1 Å². The molecule has 1 aliphatic rings. The van der Waals surface area contributed by atoms with Crippen molar-refractivity contribution in [3.63, 3.8) is 0 Å². The molecule has 2 rings (SSSR count). The summed E-state index contributed by atoms with van der Waals surface area (Å²) in [7, 11) is 0. The Bertz CT molecular complexity index is 258. The van der Waals surface area contributed by atoms with Crippen LogP contribution in [0.3, 0.4) is 0 Å². The lowest BCUT2D eigenvalue weighted by molar-refractivity contribution is 0.229. The molecular weight excluding hydrogens is 164 g/mol. The van der Waals surface area contributed by atoms with Gasteiger partial charge in [-0.05, 0) is 25.5 Å². The minimum absolute atomic E-state index is 0.345. The molecule has 0 aliphatic carbocycles. The van der Waals surface area contributed by atoms with E-state index < -0.39 is 0 Å². The van der Waals surface area contributed by atoms with E-state index in [0.29, 0.717) is 12.1 Å². The molecule has 1 aromatic heterocycles. The fourth-order valence-electron chi connectivity index (χ4n) is 1.88. The molecule has 72 valence electrons. The summed E-state index contributed by atoms with van der Waals surface area (Å²) in [5.41, 5.74) is 5.84. The number of hydrogen-bond acceptors (Lipinski definition) is 3. The second kappa shape index (κ2) is 3.52. The summed E-state index contributed by atoms with van der Waals surface area (Å²) in [6.45, 7) is 4.24. The lowest BCUT2D eigenvalue weighted by Crippen LogP contribution is -2.28. The van der Waals surface area contributed by atoms with E-state index in [-0.39, 0.29) is 0 Å². The summed E-state index contributed by atoms with van der Waals surface area (Å²) in [5, 5.41) is 0. The molecule has 2 N–H and O–H groups in total. The molecule has 3 nitrogen and oxygen atoms in total. The van der Waals surface area contributed by atoms with Crippen LogP contribution in [0.5, 0.6) is 0 Å². The van der Waals surface area contributed by atoms with Gasteiger partial charge in [-0.25, -0.2) is 0 Å². The van der Waals surface area contributed by atoms with Gasteiger partial charge in [-0.3, -0.25) is 4.90 Å². The Balaban J connectivity index is 2.02. The van der Waals surface area contributed by atoms with E-state index in [9.17, 15) is 0 Å². The highest BCUT2D eigenvalue weighted by Gasteiger charge is 2.25. The SMILES string of the molecule is CC(c1ccco1)N1CC[C@@H](N)C1. The number of hydrogen-bond donors (Lipinski definition) is 1. The molecule has 0 radical (unpaired) electrons. The van der Waals surface area contributed by atoms with Gasteiger partial charge < -0.3 is 10.2 Å². The lowest BCUT2D eigenvalue weighted by atomic mass is 10.2. The molecule has 3 heteroatoms. The first kappa shape index (κ1) is 8.78. The predicted molar refractivity (Wildman–Crippen MR) is 51.3 cm³/mol. The van der Waals surface area contributed by atoms with E-state index in [1.807, 2.05) is 12.1 Å². The van der Waals surface area contributed by atoms with Gasteiger partial charge in [0.15, 0.2) is 0 Å². The zero-order valence-corrected chi connectivity index (χ0v) is 7.94. The Morgan fingerprint density at radius 2 is 2.54 bits per heavy atom. The third-order valence-electron chi connectivity index (χ3n) is 2.76. The standard InChI is InChI=1S/C10H16N2O/c1-8(10-3-2-6-13-10)12-5-4-9(11)7-12/h2-3,6,8-9H,4-5,7,11H2,1H3/t8?,9-/m1/s1. The predicted octanol–water partition coefficient (Wildman–Crippen LogP) is 1.37. The molecule has 1 aliphatic heterocycles. The molecule has 0 saturated carbocycles. The van der Waals surface area contributed by atoms with E-state index in [4.69, 9.17) is 10.2 Å². The van der Waals surface area contributed by atoms with E-state index in [1.54, 1.807) is 6.26 Å². The Morgan fingerprint density at radius 3 is 3.08 bits per heavy atom. The van der Waals surface area contributed by atoms with E-state index in [0.717, 1.165) is 25.3 Å². The van der Waals surface area contributed by atoms with Crippen molar-refractivity contribution >= 4 is 0 Å². The first-order valence-electron chi connectivity index (χ1n) is 4.80. The number of nitrogens with two attached hydrogens (primary N) is 1. The number of furan rings is 1. The molecule has 0 spiro atoms. The van der Waals surface area contributed by atoms with Gasteiger partial charge >= 0.3 is 0 Å². The molecule has 1 fully saturated rings. The zero-order valence-electron chi connectivity index (χ0n) is 7.94. The normalized spacial score (nSPS) is 26.5. The Labute approximate surface area is 78.5 Å². The first-order chi connectivity index (χ1) is 6.27. The Hall–Kier alpha value is -0.800. The smallest absolute Gasteiger partial charge is 0.120 e. The highest BCUT2D eigenvalue weighted by atomic mass is 16.3. The number of likely N-dealkylation sites (tertiary alicyclic amines) is 1. The van der Waals surface area contributed by atoms with E-state index in [1.165, 1.54) is 0 Å². The van der Waals surface area contributed by atoms with Crippen molar-refractivity contribution in [1.82, 2.24) is 4.90 Å². The largest absolute Gasteiger partial charge is 0.468 e. The number of rotatable bonds is 2. The van der Waals surface area contributed by atoms with Crippen LogP contribution in [0.4, 0.5) is 0 Å². The van der Waals surface area contributed by atoms with Gasteiger partial charge in [-0.1, -0.05) is 0 Å². The lowest BCUT2D eigenvalue weighted by Gasteiger charge is -2.21. The van der Waals surface area contributed by atoms with Gasteiger partial charge in [-0.2, -0.15) is 0 Å². The van der Waals surface area contributed by atoms with Crippen LogP contribution >= 0.6 is 0 Å². The van der Waals surface area contributed by atoms with Crippen molar-refractivity contribution < 1.29 is 4.42 Å². The van der Waals surface area contributed by atoms with Crippen molar-refractivity contribution in [2.45, 2.75) is 25.4 Å². The first-order valence-corrected chi connectivity index (χ1v) is 4.80. The van der Waals surface area contributed by atoms with Crippen LogP contribution in [-0.4, -0.2) is 24.0 Å². The van der Waals surface area contributed by atoms with Crippen molar-refractivity contribution in [3.8, 4) is 0 Å². The van der Waals surface area contributed by atoms with Gasteiger partial charge in [0.2, 0.25) is 0 Å². The van der Waals surface area contributed by atoms with Crippen LogP contribution in [-0.2, 0) is 0 Å². The molecule has 13 heavy (non-hydrogen) atoms. The topological polar surface area (TPSA) is 42.4 Å². The summed E-state index contributed by atoms with van der Waals surface area (Å²) in [6.07, 6.45) is 2.83. The number of nitrogens with zero attached hydrogens (tertiary/aromatic N) is 1.